The van der Waals surface area contributed by atoms with E-state index in [1.54, 1.807) is 27.2 Å². The highest BCUT2D eigenvalue weighted by Crippen LogP contribution is 2.32. The summed E-state index contributed by atoms with van der Waals surface area (Å²) in [6, 6.07) is 19.0. The van der Waals surface area contributed by atoms with Crippen LogP contribution in [0.4, 0.5) is 0 Å². The summed E-state index contributed by atoms with van der Waals surface area (Å²) in [7, 11) is -0.558. The number of benzene rings is 3. The molecule has 0 saturated carbocycles. The number of fused-ring (bicyclic) bond motifs is 1. The number of thiazole rings is 1. The van der Waals surface area contributed by atoms with Crippen LogP contribution in [0.5, 0.6) is 11.5 Å². The average Bonchev–Trinajstić information content (AvgIpc) is 3.28. The third-order valence-electron chi connectivity index (χ3n) is 5.98. The van der Waals surface area contributed by atoms with Gasteiger partial charge < -0.3 is 14.0 Å². The molecule has 1 heterocycles. The van der Waals surface area contributed by atoms with Crippen molar-refractivity contribution in [2.75, 3.05) is 20.8 Å². The molecule has 4 aromatic rings. The maximum absolute atomic E-state index is 13.2. The molecule has 3 aromatic carbocycles. The van der Waals surface area contributed by atoms with Crippen LogP contribution in [0.1, 0.15) is 29.8 Å². The number of carbonyl (C=O) groups excluding carboxylic acids is 1. The lowest BCUT2D eigenvalue weighted by Gasteiger charge is -2.20. The first-order valence-electron chi connectivity index (χ1n) is 11.8. The summed E-state index contributed by atoms with van der Waals surface area (Å²) >= 11 is 1.36. The molecule has 0 fully saturated rings. The molecule has 194 valence electrons. The smallest absolute Gasteiger partial charge is 0.279 e. The molecule has 0 aliphatic carbocycles. The van der Waals surface area contributed by atoms with Gasteiger partial charge in [-0.2, -0.15) is 9.30 Å². The summed E-state index contributed by atoms with van der Waals surface area (Å²) < 4.78 is 41.6. The average molecular weight is 540 g/mol. The van der Waals surface area contributed by atoms with Crippen LogP contribution in [0.3, 0.4) is 0 Å². The van der Waals surface area contributed by atoms with E-state index in [0.717, 1.165) is 15.8 Å². The number of amides is 1. The zero-order valence-electron chi connectivity index (χ0n) is 21.2. The largest absolute Gasteiger partial charge is 0.497 e. The van der Waals surface area contributed by atoms with Crippen LogP contribution in [0.2, 0.25) is 0 Å². The van der Waals surface area contributed by atoms with Crippen molar-refractivity contribution in [3.8, 4) is 11.5 Å². The first-order chi connectivity index (χ1) is 17.8. The van der Waals surface area contributed by atoms with E-state index in [-0.39, 0.29) is 11.4 Å². The number of carbonyl (C=O) groups is 1. The molecule has 0 aliphatic heterocycles. The van der Waals surface area contributed by atoms with E-state index in [1.807, 2.05) is 47.9 Å². The van der Waals surface area contributed by atoms with E-state index in [2.05, 4.69) is 4.99 Å². The van der Waals surface area contributed by atoms with Gasteiger partial charge in [-0.3, -0.25) is 4.79 Å². The number of rotatable bonds is 9. The number of hydrogen-bond donors (Lipinski definition) is 0. The zero-order chi connectivity index (χ0) is 26.6. The van der Waals surface area contributed by atoms with Gasteiger partial charge in [0.25, 0.3) is 5.91 Å². The Morgan fingerprint density at radius 1 is 1.00 bits per heavy atom. The molecule has 0 bridgehead atoms. The monoisotopic (exact) mass is 539 g/mol. The van der Waals surface area contributed by atoms with Crippen molar-refractivity contribution >= 4 is 37.5 Å². The van der Waals surface area contributed by atoms with Crippen LogP contribution < -0.4 is 14.3 Å². The van der Waals surface area contributed by atoms with Gasteiger partial charge in [0.2, 0.25) is 10.0 Å². The van der Waals surface area contributed by atoms with Gasteiger partial charge in [-0.15, -0.1) is 0 Å². The minimum Gasteiger partial charge on any atom is -0.497 e. The van der Waals surface area contributed by atoms with Gasteiger partial charge in [0.15, 0.2) is 4.80 Å². The third-order valence-corrected chi connectivity index (χ3v) is 8.94. The van der Waals surface area contributed by atoms with E-state index in [1.165, 1.54) is 39.9 Å². The fourth-order valence-electron chi connectivity index (χ4n) is 4.02. The second-order valence-electron chi connectivity index (χ2n) is 8.16. The number of nitrogens with zero attached hydrogens (tertiary/aromatic N) is 3. The fraction of sp³-hybridized carbons (Fsp3) is 0.259. The summed E-state index contributed by atoms with van der Waals surface area (Å²) in [5.74, 6) is 0.823. The van der Waals surface area contributed by atoms with Crippen molar-refractivity contribution in [3.05, 3.63) is 82.7 Å². The predicted molar refractivity (Wildman–Crippen MR) is 145 cm³/mol. The molecular formula is C27H29N3O5S2. The predicted octanol–water partition coefficient (Wildman–Crippen LogP) is 4.69. The lowest BCUT2D eigenvalue weighted by molar-refractivity contribution is 0.0997. The van der Waals surface area contributed by atoms with Gasteiger partial charge in [-0.05, 0) is 42.8 Å². The number of aromatic nitrogens is 1. The van der Waals surface area contributed by atoms with Gasteiger partial charge >= 0.3 is 0 Å². The zero-order valence-corrected chi connectivity index (χ0v) is 22.8. The summed E-state index contributed by atoms with van der Waals surface area (Å²) in [5, 5.41) is 0. The quantitative estimate of drug-likeness (QED) is 0.308. The maximum atomic E-state index is 13.2. The highest BCUT2D eigenvalue weighted by atomic mass is 32.2. The first kappa shape index (κ1) is 26.6. The highest BCUT2D eigenvalue weighted by Gasteiger charge is 2.23. The molecular weight excluding hydrogens is 510 g/mol. The Morgan fingerprint density at radius 3 is 2.30 bits per heavy atom. The molecule has 1 amide bonds. The number of aryl methyl sites for hydroxylation is 1. The van der Waals surface area contributed by atoms with Crippen LogP contribution in [0.15, 0.2) is 76.6 Å². The standard InChI is InChI=1S/C27H29N3O5S2/c1-5-29(18-19-10-8-7-9-11-19)37(32,33)22-14-12-20(13-15-22)26(31)28-27-30(6-2)25-23(35-4)16-21(34-3)17-24(25)36-27/h7-17H,5-6,18H2,1-4H3. The second-order valence-corrected chi connectivity index (χ2v) is 11.1. The number of ether oxygens (including phenoxy) is 2. The molecule has 0 atom stereocenters. The minimum absolute atomic E-state index is 0.129. The molecule has 0 radical (unpaired) electrons. The van der Waals surface area contributed by atoms with E-state index < -0.39 is 15.9 Å². The number of hydrogen-bond acceptors (Lipinski definition) is 6. The molecule has 0 spiro atoms. The molecule has 10 heteroatoms. The van der Waals surface area contributed by atoms with Crippen LogP contribution in [0, 0.1) is 0 Å². The maximum Gasteiger partial charge on any atom is 0.279 e. The van der Waals surface area contributed by atoms with Gasteiger partial charge in [-0.1, -0.05) is 48.6 Å². The Balaban J connectivity index is 1.65. The topological polar surface area (TPSA) is 90.2 Å². The molecule has 4 rings (SSSR count). The Morgan fingerprint density at radius 2 is 1.70 bits per heavy atom. The van der Waals surface area contributed by atoms with Crippen molar-refractivity contribution in [2.45, 2.75) is 31.8 Å². The summed E-state index contributed by atoms with van der Waals surface area (Å²) in [6.07, 6.45) is 0. The molecule has 0 unspecified atom stereocenters. The fourth-order valence-corrected chi connectivity index (χ4v) is 6.60. The van der Waals surface area contributed by atoms with Crippen molar-refractivity contribution in [1.29, 1.82) is 0 Å². The number of methoxy groups -OCH3 is 2. The molecule has 8 nitrogen and oxygen atoms in total. The Kier molecular flexibility index (Phi) is 8.11. The van der Waals surface area contributed by atoms with Gasteiger partial charge in [0.1, 0.15) is 17.0 Å². The summed E-state index contributed by atoms with van der Waals surface area (Å²) in [4.78, 5) is 18.0. The highest BCUT2D eigenvalue weighted by molar-refractivity contribution is 7.89. The second kappa shape index (κ2) is 11.3. The van der Waals surface area contributed by atoms with E-state index in [4.69, 9.17) is 9.47 Å². The lowest BCUT2D eigenvalue weighted by atomic mass is 10.2. The van der Waals surface area contributed by atoms with Crippen LogP contribution in [-0.2, 0) is 23.1 Å². The summed E-state index contributed by atoms with van der Waals surface area (Å²) in [6.45, 7) is 4.95. The van der Waals surface area contributed by atoms with Gasteiger partial charge in [0, 0.05) is 31.3 Å². The van der Waals surface area contributed by atoms with Crippen molar-refractivity contribution in [2.24, 2.45) is 4.99 Å². The molecule has 0 aliphatic rings. The van der Waals surface area contributed by atoms with Crippen LogP contribution >= 0.6 is 11.3 Å². The van der Waals surface area contributed by atoms with E-state index >= 15 is 0 Å². The Labute approximate surface area is 220 Å². The van der Waals surface area contributed by atoms with Gasteiger partial charge in [-0.25, -0.2) is 8.42 Å². The summed E-state index contributed by atoms with van der Waals surface area (Å²) in [5.41, 5.74) is 2.04. The Bertz CT molecular complexity index is 1570. The normalized spacial score (nSPS) is 12.3. The van der Waals surface area contributed by atoms with Crippen molar-refractivity contribution < 1.29 is 22.7 Å². The van der Waals surface area contributed by atoms with E-state index in [0.29, 0.717) is 35.0 Å². The van der Waals surface area contributed by atoms with Crippen LogP contribution in [-0.4, -0.2) is 44.0 Å². The van der Waals surface area contributed by atoms with Crippen LogP contribution in [0.25, 0.3) is 10.2 Å². The lowest BCUT2D eigenvalue weighted by Crippen LogP contribution is -2.30. The molecule has 0 N–H and O–H groups in total. The molecule has 37 heavy (non-hydrogen) atoms. The van der Waals surface area contributed by atoms with Crippen molar-refractivity contribution in [3.63, 3.8) is 0 Å². The van der Waals surface area contributed by atoms with Crippen molar-refractivity contribution in [1.82, 2.24) is 8.87 Å². The molecule has 1 aromatic heterocycles. The first-order valence-corrected chi connectivity index (χ1v) is 14.1. The third kappa shape index (κ3) is 5.46. The molecule has 0 saturated heterocycles. The minimum atomic E-state index is -3.73. The van der Waals surface area contributed by atoms with E-state index in [9.17, 15) is 13.2 Å². The Hall–Kier alpha value is -3.47. The number of sulfonamides is 1. The van der Waals surface area contributed by atoms with Gasteiger partial charge in [0.05, 0.1) is 23.8 Å². The SMILES string of the molecule is CCN(Cc1ccccc1)S(=O)(=O)c1ccc(C(=O)N=c2sc3cc(OC)cc(OC)c3n2CC)cc1.